The molecule has 156 valence electrons. The number of benzene rings is 2. The first-order valence-corrected chi connectivity index (χ1v) is 10.4. The minimum Gasteiger partial charge on any atom is -0.490 e. The molecule has 0 saturated carbocycles. The number of hydrogen-bond donors (Lipinski definition) is 1. The van der Waals surface area contributed by atoms with Crippen LogP contribution in [-0.4, -0.2) is 32.0 Å². The van der Waals surface area contributed by atoms with Crippen LogP contribution in [0.2, 0.25) is 10.0 Å². The average Bonchev–Trinajstić information content (AvgIpc) is 2.67. The molecule has 0 saturated heterocycles. The fourth-order valence-electron chi connectivity index (χ4n) is 2.35. The third kappa shape index (κ3) is 7.10. The Balaban J connectivity index is 2.08. The molecule has 6 nitrogen and oxygen atoms in total. The first-order valence-electron chi connectivity index (χ1n) is 8.89. The number of carbonyl (C=O) groups excluding carboxylic acids is 1. The fourth-order valence-corrected chi connectivity index (χ4v) is 3.45. The van der Waals surface area contributed by atoms with E-state index in [4.69, 9.17) is 37.4 Å². The SMILES string of the molecule is CCOC(=O)COc1c(Br)cc(/C=N/NCc2c(Cl)cccc2Cl)cc1OCC. The molecule has 0 radical (unpaired) electrons. The summed E-state index contributed by atoms with van der Waals surface area (Å²) < 4.78 is 16.7. The van der Waals surface area contributed by atoms with Gasteiger partial charge in [0.05, 0.1) is 30.4 Å². The summed E-state index contributed by atoms with van der Waals surface area (Å²) in [5.41, 5.74) is 4.46. The molecule has 0 bridgehead atoms. The van der Waals surface area contributed by atoms with Gasteiger partial charge in [-0.05, 0) is 59.6 Å². The Morgan fingerprint density at radius 3 is 2.55 bits per heavy atom. The third-order valence-electron chi connectivity index (χ3n) is 3.59. The van der Waals surface area contributed by atoms with Gasteiger partial charge in [-0.25, -0.2) is 4.79 Å². The number of esters is 1. The van der Waals surface area contributed by atoms with E-state index in [1.54, 1.807) is 43.5 Å². The Bertz CT molecular complexity index is 858. The van der Waals surface area contributed by atoms with Crippen molar-refractivity contribution in [2.24, 2.45) is 5.10 Å². The Kier molecular flexibility index (Phi) is 9.57. The van der Waals surface area contributed by atoms with Gasteiger partial charge in [0.25, 0.3) is 0 Å². The molecule has 0 amide bonds. The summed E-state index contributed by atoms with van der Waals surface area (Å²) in [5, 5.41) is 5.35. The second kappa shape index (κ2) is 11.9. The lowest BCUT2D eigenvalue weighted by Gasteiger charge is -2.14. The van der Waals surface area contributed by atoms with Gasteiger partial charge in [-0.15, -0.1) is 0 Å². The Hall–Kier alpha value is -1.96. The molecule has 0 atom stereocenters. The van der Waals surface area contributed by atoms with Crippen molar-refractivity contribution in [3.05, 3.63) is 56.0 Å². The highest BCUT2D eigenvalue weighted by Crippen LogP contribution is 2.36. The number of nitrogens with zero attached hydrogens (tertiary/aromatic N) is 1. The fraction of sp³-hybridized carbons (Fsp3) is 0.300. The Morgan fingerprint density at radius 2 is 1.90 bits per heavy atom. The lowest BCUT2D eigenvalue weighted by molar-refractivity contribution is -0.145. The van der Waals surface area contributed by atoms with Crippen molar-refractivity contribution in [3.63, 3.8) is 0 Å². The van der Waals surface area contributed by atoms with E-state index in [2.05, 4.69) is 26.5 Å². The van der Waals surface area contributed by atoms with E-state index in [1.807, 2.05) is 6.92 Å². The van der Waals surface area contributed by atoms with Crippen molar-refractivity contribution in [3.8, 4) is 11.5 Å². The van der Waals surface area contributed by atoms with Crippen molar-refractivity contribution in [1.82, 2.24) is 5.43 Å². The van der Waals surface area contributed by atoms with Gasteiger partial charge in [-0.1, -0.05) is 29.3 Å². The zero-order chi connectivity index (χ0) is 21.2. The monoisotopic (exact) mass is 502 g/mol. The molecular weight excluding hydrogens is 483 g/mol. The zero-order valence-corrected chi connectivity index (χ0v) is 19.1. The summed E-state index contributed by atoms with van der Waals surface area (Å²) in [5.74, 6) is 0.463. The zero-order valence-electron chi connectivity index (χ0n) is 16.0. The van der Waals surface area contributed by atoms with Crippen molar-refractivity contribution in [1.29, 1.82) is 0 Å². The Morgan fingerprint density at radius 1 is 1.17 bits per heavy atom. The standard InChI is InChI=1S/C20H21BrCl2N2O4/c1-3-27-18-9-13(8-15(21)20(18)29-12-19(26)28-4-2)10-24-25-11-14-16(22)6-5-7-17(14)23/h5-10,25H,3-4,11-12H2,1-2H3/b24-10+. The molecule has 2 aromatic rings. The van der Waals surface area contributed by atoms with Gasteiger partial charge >= 0.3 is 5.97 Å². The van der Waals surface area contributed by atoms with Gasteiger partial charge < -0.3 is 19.6 Å². The van der Waals surface area contributed by atoms with Crippen molar-refractivity contribution in [2.45, 2.75) is 20.4 Å². The second-order valence-electron chi connectivity index (χ2n) is 5.65. The summed E-state index contributed by atoms with van der Waals surface area (Å²) in [6.07, 6.45) is 1.63. The van der Waals surface area contributed by atoms with Gasteiger partial charge in [-0.2, -0.15) is 5.10 Å². The minimum atomic E-state index is -0.449. The normalized spacial score (nSPS) is 10.8. The maximum Gasteiger partial charge on any atom is 0.344 e. The molecule has 0 aliphatic rings. The number of halogens is 3. The van der Waals surface area contributed by atoms with Gasteiger partial charge in [0.1, 0.15) is 0 Å². The number of nitrogens with one attached hydrogen (secondary N) is 1. The van der Waals surface area contributed by atoms with Crippen LogP contribution < -0.4 is 14.9 Å². The van der Waals surface area contributed by atoms with Crippen molar-refractivity contribution < 1.29 is 19.0 Å². The maximum atomic E-state index is 11.6. The molecule has 0 heterocycles. The third-order valence-corrected chi connectivity index (χ3v) is 4.89. The highest BCUT2D eigenvalue weighted by molar-refractivity contribution is 9.10. The van der Waals surface area contributed by atoms with E-state index in [0.29, 0.717) is 45.8 Å². The van der Waals surface area contributed by atoms with E-state index in [-0.39, 0.29) is 6.61 Å². The average molecular weight is 504 g/mol. The topological polar surface area (TPSA) is 69.2 Å². The van der Waals surface area contributed by atoms with E-state index >= 15 is 0 Å². The van der Waals surface area contributed by atoms with E-state index in [1.165, 1.54) is 0 Å². The van der Waals surface area contributed by atoms with E-state index in [9.17, 15) is 4.79 Å². The number of hydrogen-bond acceptors (Lipinski definition) is 6. The predicted molar refractivity (Wildman–Crippen MR) is 118 cm³/mol. The van der Waals surface area contributed by atoms with Crippen molar-refractivity contribution in [2.75, 3.05) is 19.8 Å². The van der Waals surface area contributed by atoms with Crippen LogP contribution in [0.3, 0.4) is 0 Å². The van der Waals surface area contributed by atoms with Crippen molar-refractivity contribution >= 4 is 51.3 Å². The van der Waals surface area contributed by atoms with Gasteiger partial charge in [0, 0.05) is 15.6 Å². The molecule has 0 unspecified atom stereocenters. The number of ether oxygens (including phenoxy) is 3. The second-order valence-corrected chi connectivity index (χ2v) is 7.32. The highest BCUT2D eigenvalue weighted by Gasteiger charge is 2.14. The molecule has 29 heavy (non-hydrogen) atoms. The molecule has 0 aliphatic carbocycles. The molecule has 1 N–H and O–H groups in total. The Labute approximate surface area is 188 Å². The van der Waals surface area contributed by atoms with Crippen LogP contribution in [0, 0.1) is 0 Å². The highest BCUT2D eigenvalue weighted by atomic mass is 79.9. The summed E-state index contributed by atoms with van der Waals surface area (Å²) in [6.45, 7) is 4.50. The van der Waals surface area contributed by atoms with Gasteiger partial charge in [-0.3, -0.25) is 0 Å². The number of carbonyl (C=O) groups is 1. The van der Waals surface area contributed by atoms with Gasteiger partial charge in [0.2, 0.25) is 0 Å². The lowest BCUT2D eigenvalue weighted by Crippen LogP contribution is -2.15. The van der Waals surface area contributed by atoms with Crippen LogP contribution in [0.4, 0.5) is 0 Å². The number of rotatable bonds is 10. The molecule has 2 rings (SSSR count). The van der Waals surface area contributed by atoms with Crippen LogP contribution in [0.15, 0.2) is 39.9 Å². The summed E-state index contributed by atoms with van der Waals surface area (Å²) >= 11 is 15.7. The predicted octanol–water partition coefficient (Wildman–Crippen LogP) is 5.22. The smallest absolute Gasteiger partial charge is 0.344 e. The maximum absolute atomic E-state index is 11.6. The van der Waals surface area contributed by atoms with Crippen LogP contribution in [0.5, 0.6) is 11.5 Å². The van der Waals surface area contributed by atoms with Crippen LogP contribution in [0.1, 0.15) is 25.0 Å². The van der Waals surface area contributed by atoms with Gasteiger partial charge in [0.15, 0.2) is 18.1 Å². The molecule has 2 aromatic carbocycles. The minimum absolute atomic E-state index is 0.208. The van der Waals surface area contributed by atoms with Crippen LogP contribution in [0.25, 0.3) is 0 Å². The first kappa shape index (κ1) is 23.3. The quantitative estimate of drug-likeness (QED) is 0.273. The summed E-state index contributed by atoms with van der Waals surface area (Å²) in [4.78, 5) is 11.6. The largest absolute Gasteiger partial charge is 0.490 e. The number of hydrazone groups is 1. The summed E-state index contributed by atoms with van der Waals surface area (Å²) in [7, 11) is 0. The van der Waals surface area contributed by atoms with E-state index in [0.717, 1.165) is 11.1 Å². The summed E-state index contributed by atoms with van der Waals surface area (Å²) in [6, 6.07) is 8.90. The molecule has 0 spiro atoms. The van der Waals surface area contributed by atoms with E-state index < -0.39 is 5.97 Å². The first-order chi connectivity index (χ1) is 14.0. The molecule has 0 aromatic heterocycles. The lowest BCUT2D eigenvalue weighted by atomic mass is 10.2. The van der Waals surface area contributed by atoms with Crippen LogP contribution in [-0.2, 0) is 16.1 Å². The molecule has 9 heteroatoms. The van der Waals surface area contributed by atoms with Crippen LogP contribution >= 0.6 is 39.1 Å². The molecule has 0 aliphatic heterocycles. The molecular formula is C20H21BrCl2N2O4. The molecule has 0 fully saturated rings.